The maximum absolute atomic E-state index is 12.6. The minimum atomic E-state index is -1.10. The van der Waals surface area contributed by atoms with E-state index in [2.05, 4.69) is 10.1 Å². The molecular formula is C16H18N2O4S. The second-order valence-electron chi connectivity index (χ2n) is 4.85. The molecule has 7 heteroatoms. The number of methoxy groups -OCH3 is 1. The fourth-order valence-corrected chi connectivity index (χ4v) is 2.93. The molecule has 1 amide bonds. The van der Waals surface area contributed by atoms with Crippen molar-refractivity contribution in [2.75, 3.05) is 13.7 Å². The Bertz CT molecular complexity index is 674. The van der Waals surface area contributed by atoms with Crippen molar-refractivity contribution in [1.82, 2.24) is 5.32 Å². The van der Waals surface area contributed by atoms with Gasteiger partial charge in [0, 0.05) is 21.7 Å². The summed E-state index contributed by atoms with van der Waals surface area (Å²) < 4.78 is 4.56. The number of aliphatic hydroxyl groups excluding tert-OH is 1. The summed E-state index contributed by atoms with van der Waals surface area (Å²) in [6, 6.07) is 2.68. The zero-order valence-electron chi connectivity index (χ0n) is 12.6. The van der Waals surface area contributed by atoms with Crippen LogP contribution >= 0.6 is 11.3 Å². The highest BCUT2D eigenvalue weighted by Crippen LogP contribution is 2.29. The molecule has 0 aromatic carbocycles. The van der Waals surface area contributed by atoms with Crippen LogP contribution in [0, 0.1) is 0 Å². The molecule has 1 heterocycles. The monoisotopic (exact) mass is 334 g/mol. The molecule has 0 fully saturated rings. The number of hydrogen-bond donors (Lipinski definition) is 3. The van der Waals surface area contributed by atoms with E-state index < -0.39 is 24.5 Å². The largest absolute Gasteiger partial charge is 0.467 e. The van der Waals surface area contributed by atoms with Crippen LogP contribution in [0.2, 0.25) is 0 Å². The van der Waals surface area contributed by atoms with Gasteiger partial charge in [0.25, 0.3) is 0 Å². The number of nitrogens with two attached hydrogens (primary N) is 1. The van der Waals surface area contributed by atoms with Gasteiger partial charge in [-0.3, -0.25) is 4.79 Å². The van der Waals surface area contributed by atoms with Crippen LogP contribution in [0.15, 0.2) is 47.0 Å². The third-order valence-electron chi connectivity index (χ3n) is 3.30. The van der Waals surface area contributed by atoms with Gasteiger partial charge in [-0.25, -0.2) is 4.79 Å². The van der Waals surface area contributed by atoms with Crippen molar-refractivity contribution >= 4 is 28.8 Å². The smallest absolute Gasteiger partial charge is 0.330 e. The third-order valence-corrected chi connectivity index (χ3v) is 4.21. The Kier molecular flexibility index (Phi) is 5.72. The van der Waals surface area contributed by atoms with Crippen molar-refractivity contribution in [2.24, 2.45) is 5.73 Å². The first-order chi connectivity index (χ1) is 11.1. The maximum atomic E-state index is 12.6. The minimum Gasteiger partial charge on any atom is -0.467 e. The lowest BCUT2D eigenvalue weighted by Crippen LogP contribution is -2.44. The summed E-state index contributed by atoms with van der Waals surface area (Å²) in [7, 11) is 1.20. The number of allylic oxidation sites excluding steroid dienone is 4. The average molecular weight is 334 g/mol. The van der Waals surface area contributed by atoms with Gasteiger partial charge in [0.2, 0.25) is 5.91 Å². The summed E-state index contributed by atoms with van der Waals surface area (Å²) in [5.41, 5.74) is 7.62. The van der Waals surface area contributed by atoms with Gasteiger partial charge in [-0.2, -0.15) is 0 Å². The van der Waals surface area contributed by atoms with Gasteiger partial charge in [0.1, 0.15) is 0 Å². The Labute approximate surface area is 137 Å². The lowest BCUT2D eigenvalue weighted by molar-refractivity contribution is -0.145. The van der Waals surface area contributed by atoms with Gasteiger partial charge in [0.15, 0.2) is 6.04 Å². The number of esters is 1. The predicted octanol–water partition coefficient (Wildman–Crippen LogP) is 0.954. The Hall–Kier alpha value is -2.38. The van der Waals surface area contributed by atoms with Crippen molar-refractivity contribution in [2.45, 2.75) is 12.5 Å². The van der Waals surface area contributed by atoms with Crippen LogP contribution in [0.25, 0.3) is 5.57 Å². The lowest BCUT2D eigenvalue weighted by Gasteiger charge is -2.16. The highest BCUT2D eigenvalue weighted by molar-refractivity contribution is 7.11. The summed E-state index contributed by atoms with van der Waals surface area (Å²) in [4.78, 5) is 25.0. The molecule has 1 aromatic rings. The molecule has 0 radical (unpaired) electrons. The molecule has 0 saturated carbocycles. The molecule has 1 atom stereocenters. The number of thiophene rings is 1. The highest BCUT2D eigenvalue weighted by Gasteiger charge is 2.24. The number of amides is 1. The molecule has 23 heavy (non-hydrogen) atoms. The van der Waals surface area contributed by atoms with Crippen molar-refractivity contribution in [3.8, 4) is 0 Å². The van der Waals surface area contributed by atoms with E-state index >= 15 is 0 Å². The van der Waals surface area contributed by atoms with E-state index in [-0.39, 0.29) is 0 Å². The lowest BCUT2D eigenvalue weighted by atomic mass is 10.0. The van der Waals surface area contributed by atoms with Crippen molar-refractivity contribution < 1.29 is 19.4 Å². The summed E-state index contributed by atoms with van der Waals surface area (Å²) in [6.07, 6.45) is 5.62. The topological polar surface area (TPSA) is 102 Å². The number of carbonyl (C=O) groups is 2. The van der Waals surface area contributed by atoms with Crippen LogP contribution in [0.5, 0.6) is 0 Å². The van der Waals surface area contributed by atoms with Crippen LogP contribution in [0.4, 0.5) is 0 Å². The molecule has 1 aliphatic carbocycles. The predicted molar refractivity (Wildman–Crippen MR) is 88.3 cm³/mol. The van der Waals surface area contributed by atoms with Crippen LogP contribution in [-0.2, 0) is 14.3 Å². The summed E-state index contributed by atoms with van der Waals surface area (Å²) in [5.74, 6) is -1.13. The van der Waals surface area contributed by atoms with Crippen LogP contribution < -0.4 is 11.1 Å². The number of nitrogens with one attached hydrogen (secondary N) is 1. The molecule has 122 valence electrons. The van der Waals surface area contributed by atoms with E-state index in [1.807, 2.05) is 17.5 Å². The normalized spacial score (nSPS) is 15.7. The zero-order valence-corrected chi connectivity index (χ0v) is 13.4. The van der Waals surface area contributed by atoms with Crippen LogP contribution in [0.3, 0.4) is 0 Å². The highest BCUT2D eigenvalue weighted by atomic mass is 32.1. The molecule has 0 bridgehead atoms. The third kappa shape index (κ3) is 4.08. The van der Waals surface area contributed by atoms with Crippen molar-refractivity contribution in [1.29, 1.82) is 0 Å². The molecule has 6 nitrogen and oxygen atoms in total. The number of aliphatic hydroxyl groups is 1. The maximum Gasteiger partial charge on any atom is 0.330 e. The first-order valence-electron chi connectivity index (χ1n) is 6.97. The number of hydrogen-bond acceptors (Lipinski definition) is 6. The minimum absolute atomic E-state index is 0.371. The molecule has 1 aliphatic rings. The molecule has 1 aromatic heterocycles. The molecule has 0 saturated heterocycles. The quantitative estimate of drug-likeness (QED) is 0.696. The molecule has 0 unspecified atom stereocenters. The standard InChI is InChI=1S/C16H18N2O4S/c1-22-16(21)13(9-19)18-15(20)11-5-2-4-10(17)8-12(11)14-6-3-7-23-14/h2-4,6-8,13,19H,5,9,17H2,1H3,(H,18,20)/t13-/m0/s1. The van der Waals surface area contributed by atoms with Gasteiger partial charge >= 0.3 is 5.97 Å². The molecule has 0 aliphatic heterocycles. The van der Waals surface area contributed by atoms with Gasteiger partial charge in [-0.15, -0.1) is 11.3 Å². The molecular weight excluding hydrogens is 316 g/mol. The van der Waals surface area contributed by atoms with Crippen LogP contribution in [0.1, 0.15) is 11.3 Å². The average Bonchev–Trinajstić information content (AvgIpc) is 3.01. The van der Waals surface area contributed by atoms with E-state index in [0.29, 0.717) is 23.3 Å². The first-order valence-corrected chi connectivity index (χ1v) is 7.85. The fraction of sp³-hybridized carbons (Fsp3) is 0.250. The van der Waals surface area contributed by atoms with Gasteiger partial charge in [-0.05, 0) is 30.0 Å². The second kappa shape index (κ2) is 7.75. The number of rotatable bonds is 5. The van der Waals surface area contributed by atoms with E-state index in [1.165, 1.54) is 18.4 Å². The fourth-order valence-electron chi connectivity index (χ4n) is 2.16. The Balaban J connectivity index is 2.36. The first kappa shape index (κ1) is 17.0. The van der Waals surface area contributed by atoms with Gasteiger partial charge in [-0.1, -0.05) is 12.1 Å². The number of ether oxygens (including phenoxy) is 1. The molecule has 0 spiro atoms. The van der Waals surface area contributed by atoms with Crippen molar-refractivity contribution in [3.63, 3.8) is 0 Å². The van der Waals surface area contributed by atoms with E-state index in [9.17, 15) is 14.7 Å². The van der Waals surface area contributed by atoms with Crippen molar-refractivity contribution in [3.05, 3.63) is 51.9 Å². The zero-order chi connectivity index (χ0) is 16.8. The van der Waals surface area contributed by atoms with E-state index in [1.54, 1.807) is 18.2 Å². The Morgan fingerprint density at radius 1 is 1.52 bits per heavy atom. The Morgan fingerprint density at radius 2 is 2.30 bits per heavy atom. The summed E-state index contributed by atoms with van der Waals surface area (Å²) in [6.45, 7) is -0.534. The Morgan fingerprint density at radius 3 is 2.91 bits per heavy atom. The second-order valence-corrected chi connectivity index (χ2v) is 5.80. The summed E-state index contributed by atoms with van der Waals surface area (Å²) in [5, 5.41) is 13.7. The van der Waals surface area contributed by atoms with Gasteiger partial charge in [0.05, 0.1) is 13.7 Å². The number of carbonyl (C=O) groups excluding carboxylic acids is 2. The molecule has 4 N–H and O–H groups in total. The van der Waals surface area contributed by atoms with E-state index in [0.717, 1.165) is 4.88 Å². The SMILES string of the molecule is COC(=O)[C@H](CO)NC(=O)C1=C(c2cccs2)C=C(N)C=CC1. The summed E-state index contributed by atoms with van der Waals surface area (Å²) >= 11 is 1.49. The van der Waals surface area contributed by atoms with Crippen LogP contribution in [-0.4, -0.2) is 36.7 Å². The van der Waals surface area contributed by atoms with Gasteiger partial charge < -0.3 is 20.9 Å². The van der Waals surface area contributed by atoms with E-state index in [4.69, 9.17) is 5.73 Å². The molecule has 2 rings (SSSR count).